The van der Waals surface area contributed by atoms with E-state index in [9.17, 15) is 0 Å². The third-order valence-electron chi connectivity index (χ3n) is 2.51. The van der Waals surface area contributed by atoms with Crippen molar-refractivity contribution in [2.24, 2.45) is 4.99 Å². The van der Waals surface area contributed by atoms with E-state index in [1.807, 2.05) is 25.1 Å². The first-order chi connectivity index (χ1) is 8.74. The van der Waals surface area contributed by atoms with Crippen molar-refractivity contribution in [1.29, 1.82) is 0 Å². The van der Waals surface area contributed by atoms with Crippen LogP contribution in [0.15, 0.2) is 23.2 Å². The highest BCUT2D eigenvalue weighted by Gasteiger charge is 2.05. The molecule has 0 aliphatic rings. The third-order valence-corrected chi connectivity index (χ3v) is 2.51. The minimum absolute atomic E-state index is 0.646. The van der Waals surface area contributed by atoms with Gasteiger partial charge in [0.25, 0.3) is 0 Å². The fraction of sp³-hybridized carbons (Fsp3) is 0.462. The maximum atomic E-state index is 5.33. The predicted octanol–water partition coefficient (Wildman–Crippen LogP) is 1.39. The fourth-order valence-corrected chi connectivity index (χ4v) is 1.56. The van der Waals surface area contributed by atoms with Gasteiger partial charge in [-0.3, -0.25) is 4.99 Å². The molecule has 100 valence electrons. The number of hydrogen-bond acceptors (Lipinski definition) is 3. The van der Waals surface area contributed by atoms with E-state index in [0.717, 1.165) is 29.6 Å². The van der Waals surface area contributed by atoms with Gasteiger partial charge in [-0.2, -0.15) is 0 Å². The molecule has 0 unspecified atom stereocenters. The zero-order valence-electron chi connectivity index (χ0n) is 11.4. The van der Waals surface area contributed by atoms with Crippen molar-refractivity contribution < 1.29 is 9.47 Å². The van der Waals surface area contributed by atoms with E-state index < -0.39 is 0 Å². The Morgan fingerprint density at radius 2 is 2.00 bits per heavy atom. The van der Waals surface area contributed by atoms with Gasteiger partial charge >= 0.3 is 0 Å². The van der Waals surface area contributed by atoms with Gasteiger partial charge in [-0.1, -0.05) is 0 Å². The van der Waals surface area contributed by atoms with Gasteiger partial charge in [-0.25, -0.2) is 0 Å². The van der Waals surface area contributed by atoms with Gasteiger partial charge in [0.2, 0.25) is 0 Å². The summed E-state index contributed by atoms with van der Waals surface area (Å²) in [5.41, 5.74) is 1.05. The van der Waals surface area contributed by atoms with Crippen LogP contribution in [0.3, 0.4) is 0 Å². The SMILES string of the molecule is CCNC(=NC)NCc1ccc(OC)cc1OC. The number of rotatable bonds is 5. The lowest BCUT2D eigenvalue weighted by atomic mass is 10.2. The Bertz CT molecular complexity index is 405. The van der Waals surface area contributed by atoms with E-state index in [1.54, 1.807) is 21.3 Å². The molecule has 0 spiro atoms. The standard InChI is InChI=1S/C13H21N3O2/c1-5-15-13(14-2)16-9-10-6-7-11(17-3)8-12(10)18-4/h6-8H,5,9H2,1-4H3,(H2,14,15,16). The van der Waals surface area contributed by atoms with Crippen molar-refractivity contribution in [2.45, 2.75) is 13.5 Å². The molecule has 5 nitrogen and oxygen atoms in total. The Morgan fingerprint density at radius 1 is 1.22 bits per heavy atom. The molecule has 2 N–H and O–H groups in total. The molecule has 0 bridgehead atoms. The number of aliphatic imine (C=N–C) groups is 1. The fourth-order valence-electron chi connectivity index (χ4n) is 1.56. The van der Waals surface area contributed by atoms with Gasteiger partial charge in [0, 0.05) is 31.8 Å². The molecule has 0 radical (unpaired) electrons. The monoisotopic (exact) mass is 251 g/mol. The molecule has 0 heterocycles. The van der Waals surface area contributed by atoms with E-state index in [2.05, 4.69) is 15.6 Å². The van der Waals surface area contributed by atoms with Crippen LogP contribution in [0.25, 0.3) is 0 Å². The van der Waals surface area contributed by atoms with Crippen LogP contribution in [0, 0.1) is 0 Å². The molecule has 0 aliphatic heterocycles. The molecule has 0 fully saturated rings. The van der Waals surface area contributed by atoms with Crippen LogP contribution in [0.4, 0.5) is 0 Å². The molecule has 1 aromatic carbocycles. The Hall–Kier alpha value is -1.91. The van der Waals surface area contributed by atoms with Crippen LogP contribution >= 0.6 is 0 Å². The predicted molar refractivity (Wildman–Crippen MR) is 73.4 cm³/mol. The number of nitrogens with zero attached hydrogens (tertiary/aromatic N) is 1. The Balaban J connectivity index is 2.72. The maximum Gasteiger partial charge on any atom is 0.191 e. The number of guanidine groups is 1. The quantitative estimate of drug-likeness (QED) is 0.613. The van der Waals surface area contributed by atoms with Gasteiger partial charge in [-0.05, 0) is 19.1 Å². The van der Waals surface area contributed by atoms with Crippen molar-refractivity contribution in [2.75, 3.05) is 27.8 Å². The molecule has 1 rings (SSSR count). The topological polar surface area (TPSA) is 54.9 Å². The molecule has 0 saturated carbocycles. The zero-order valence-corrected chi connectivity index (χ0v) is 11.4. The van der Waals surface area contributed by atoms with Crippen LogP contribution in [-0.4, -0.2) is 33.8 Å². The summed E-state index contributed by atoms with van der Waals surface area (Å²) < 4.78 is 10.5. The molecule has 0 aliphatic carbocycles. The lowest BCUT2D eigenvalue weighted by Crippen LogP contribution is -2.36. The molecule has 18 heavy (non-hydrogen) atoms. The summed E-state index contributed by atoms with van der Waals surface area (Å²) >= 11 is 0. The van der Waals surface area contributed by atoms with Crippen LogP contribution in [0.2, 0.25) is 0 Å². The van der Waals surface area contributed by atoms with E-state index >= 15 is 0 Å². The highest BCUT2D eigenvalue weighted by atomic mass is 16.5. The van der Waals surface area contributed by atoms with Gasteiger partial charge in [0.05, 0.1) is 14.2 Å². The smallest absolute Gasteiger partial charge is 0.191 e. The van der Waals surface area contributed by atoms with Gasteiger partial charge in [0.1, 0.15) is 11.5 Å². The van der Waals surface area contributed by atoms with E-state index in [-0.39, 0.29) is 0 Å². The number of nitrogens with one attached hydrogen (secondary N) is 2. The molecule has 0 atom stereocenters. The van der Waals surface area contributed by atoms with Gasteiger partial charge in [0.15, 0.2) is 5.96 Å². The first-order valence-corrected chi connectivity index (χ1v) is 5.90. The van der Waals surface area contributed by atoms with Crippen molar-refractivity contribution >= 4 is 5.96 Å². The lowest BCUT2D eigenvalue weighted by Gasteiger charge is -2.13. The molecular weight excluding hydrogens is 230 g/mol. The van der Waals surface area contributed by atoms with E-state index in [1.165, 1.54) is 0 Å². The first-order valence-electron chi connectivity index (χ1n) is 5.90. The van der Waals surface area contributed by atoms with Crippen LogP contribution < -0.4 is 20.1 Å². The average molecular weight is 251 g/mol. The number of hydrogen-bond donors (Lipinski definition) is 2. The third kappa shape index (κ3) is 3.84. The average Bonchev–Trinajstić information content (AvgIpc) is 2.43. The van der Waals surface area contributed by atoms with Crippen molar-refractivity contribution in [3.8, 4) is 11.5 Å². The molecule has 0 amide bonds. The molecule has 0 aromatic heterocycles. The van der Waals surface area contributed by atoms with Crippen LogP contribution in [0.5, 0.6) is 11.5 Å². The van der Waals surface area contributed by atoms with Crippen molar-refractivity contribution in [3.63, 3.8) is 0 Å². The second-order valence-corrected chi connectivity index (χ2v) is 3.63. The highest BCUT2D eigenvalue weighted by molar-refractivity contribution is 5.79. The summed E-state index contributed by atoms with van der Waals surface area (Å²) in [6.45, 7) is 3.51. The van der Waals surface area contributed by atoms with Crippen LogP contribution in [0.1, 0.15) is 12.5 Å². The summed E-state index contributed by atoms with van der Waals surface area (Å²) in [7, 11) is 5.04. The second-order valence-electron chi connectivity index (χ2n) is 3.63. The summed E-state index contributed by atoms with van der Waals surface area (Å²) in [6, 6.07) is 5.76. The Morgan fingerprint density at radius 3 is 2.56 bits per heavy atom. The molecule has 0 saturated heterocycles. The van der Waals surface area contributed by atoms with E-state index in [0.29, 0.717) is 6.54 Å². The van der Waals surface area contributed by atoms with Gasteiger partial charge in [-0.15, -0.1) is 0 Å². The Kier molecular flexibility index (Phi) is 5.84. The van der Waals surface area contributed by atoms with E-state index in [4.69, 9.17) is 9.47 Å². The lowest BCUT2D eigenvalue weighted by molar-refractivity contribution is 0.390. The Labute approximate surface area is 108 Å². The molecular formula is C13H21N3O2. The summed E-state index contributed by atoms with van der Waals surface area (Å²) in [6.07, 6.45) is 0. The summed E-state index contributed by atoms with van der Waals surface area (Å²) in [5.74, 6) is 2.36. The van der Waals surface area contributed by atoms with Crippen molar-refractivity contribution in [1.82, 2.24) is 10.6 Å². The minimum atomic E-state index is 0.646. The number of benzene rings is 1. The second kappa shape index (κ2) is 7.42. The first kappa shape index (κ1) is 14.2. The number of methoxy groups -OCH3 is 2. The molecule has 1 aromatic rings. The summed E-state index contributed by atoms with van der Waals surface area (Å²) in [5, 5.41) is 6.35. The van der Waals surface area contributed by atoms with Crippen molar-refractivity contribution in [3.05, 3.63) is 23.8 Å². The van der Waals surface area contributed by atoms with Gasteiger partial charge < -0.3 is 20.1 Å². The normalized spacial score (nSPS) is 11.0. The minimum Gasteiger partial charge on any atom is -0.497 e. The summed E-state index contributed by atoms with van der Waals surface area (Å²) in [4.78, 5) is 4.11. The zero-order chi connectivity index (χ0) is 13.4. The van der Waals surface area contributed by atoms with Crippen LogP contribution in [-0.2, 0) is 6.54 Å². The maximum absolute atomic E-state index is 5.33. The highest BCUT2D eigenvalue weighted by Crippen LogP contribution is 2.24. The number of ether oxygens (including phenoxy) is 2. The molecule has 5 heteroatoms. The largest absolute Gasteiger partial charge is 0.497 e.